The van der Waals surface area contributed by atoms with Gasteiger partial charge in [-0.3, -0.25) is 9.89 Å². The van der Waals surface area contributed by atoms with Crippen LogP contribution in [0.15, 0.2) is 0 Å². The topological polar surface area (TPSA) is 80.3 Å². The van der Waals surface area contributed by atoms with Crippen molar-refractivity contribution in [3.05, 3.63) is 11.6 Å². The maximum absolute atomic E-state index is 12.4. The van der Waals surface area contributed by atoms with E-state index in [2.05, 4.69) is 15.2 Å². The van der Waals surface area contributed by atoms with Crippen molar-refractivity contribution < 1.29 is 14.3 Å². The Labute approximate surface area is 130 Å². The standard InChI is InChI=1S/C15H24N4O3/c1-11-16-15(18-17-11)13-10-19(7-9-22-13)14(20)6-5-12-4-2-3-8-21-12/h12-13H,2-10H2,1H3,(H,16,17,18)/t12-,13-/m1/s1. The van der Waals surface area contributed by atoms with E-state index >= 15 is 0 Å². The zero-order valence-corrected chi connectivity index (χ0v) is 13.1. The molecule has 1 aromatic rings. The molecule has 0 aromatic carbocycles. The summed E-state index contributed by atoms with van der Waals surface area (Å²) < 4.78 is 11.4. The van der Waals surface area contributed by atoms with Crippen LogP contribution in [0.2, 0.25) is 0 Å². The number of nitrogens with one attached hydrogen (secondary N) is 1. The molecule has 1 aromatic heterocycles. The zero-order chi connectivity index (χ0) is 15.4. The van der Waals surface area contributed by atoms with E-state index in [1.165, 1.54) is 6.42 Å². The van der Waals surface area contributed by atoms with Crippen LogP contribution in [0.3, 0.4) is 0 Å². The summed E-state index contributed by atoms with van der Waals surface area (Å²) in [5.41, 5.74) is 0. The fraction of sp³-hybridized carbons (Fsp3) is 0.800. The number of H-pyrrole nitrogens is 1. The van der Waals surface area contributed by atoms with Crippen molar-refractivity contribution in [3.8, 4) is 0 Å². The van der Waals surface area contributed by atoms with Crippen LogP contribution < -0.4 is 0 Å². The number of aromatic amines is 1. The van der Waals surface area contributed by atoms with Gasteiger partial charge >= 0.3 is 0 Å². The third-order valence-corrected chi connectivity index (χ3v) is 4.28. The minimum Gasteiger partial charge on any atom is -0.378 e. The first-order valence-corrected chi connectivity index (χ1v) is 8.12. The van der Waals surface area contributed by atoms with E-state index < -0.39 is 0 Å². The Balaban J connectivity index is 1.49. The zero-order valence-electron chi connectivity index (χ0n) is 13.1. The average Bonchev–Trinajstić information content (AvgIpc) is 3.00. The molecule has 2 saturated heterocycles. The molecule has 3 rings (SSSR count). The Hall–Kier alpha value is -1.47. The predicted octanol–water partition coefficient (Wildman–Crippen LogP) is 1.36. The number of hydrogen-bond donors (Lipinski definition) is 1. The van der Waals surface area contributed by atoms with Crippen LogP contribution in [0.5, 0.6) is 0 Å². The van der Waals surface area contributed by atoms with Gasteiger partial charge in [-0.2, -0.15) is 5.10 Å². The Morgan fingerprint density at radius 3 is 3.00 bits per heavy atom. The number of hydrogen-bond acceptors (Lipinski definition) is 5. The molecule has 0 radical (unpaired) electrons. The quantitative estimate of drug-likeness (QED) is 0.908. The Morgan fingerprint density at radius 1 is 1.36 bits per heavy atom. The fourth-order valence-corrected chi connectivity index (χ4v) is 3.01. The molecule has 7 heteroatoms. The van der Waals surface area contributed by atoms with Crippen LogP contribution in [-0.4, -0.2) is 58.4 Å². The summed E-state index contributed by atoms with van der Waals surface area (Å²) in [6, 6.07) is 0. The van der Waals surface area contributed by atoms with Crippen molar-refractivity contribution in [1.29, 1.82) is 0 Å². The van der Waals surface area contributed by atoms with Crippen molar-refractivity contribution in [3.63, 3.8) is 0 Å². The van der Waals surface area contributed by atoms with Gasteiger partial charge in [-0.15, -0.1) is 0 Å². The first-order valence-electron chi connectivity index (χ1n) is 8.12. The Morgan fingerprint density at radius 2 is 2.27 bits per heavy atom. The van der Waals surface area contributed by atoms with Crippen molar-refractivity contribution in [1.82, 2.24) is 20.1 Å². The largest absolute Gasteiger partial charge is 0.378 e. The minimum atomic E-state index is -0.228. The van der Waals surface area contributed by atoms with Crippen molar-refractivity contribution in [2.24, 2.45) is 0 Å². The number of carbonyl (C=O) groups is 1. The van der Waals surface area contributed by atoms with Gasteiger partial charge in [0.15, 0.2) is 5.82 Å². The lowest BCUT2D eigenvalue weighted by Gasteiger charge is -2.32. The van der Waals surface area contributed by atoms with E-state index in [-0.39, 0.29) is 18.1 Å². The van der Waals surface area contributed by atoms with Gasteiger partial charge in [0.05, 0.1) is 19.3 Å². The molecule has 2 fully saturated rings. The second-order valence-electron chi connectivity index (χ2n) is 6.01. The molecule has 0 aliphatic carbocycles. The minimum absolute atomic E-state index is 0.176. The van der Waals surface area contributed by atoms with Crippen molar-refractivity contribution in [2.45, 2.75) is 51.2 Å². The van der Waals surface area contributed by atoms with E-state index in [0.717, 1.165) is 31.7 Å². The van der Waals surface area contributed by atoms with Gasteiger partial charge in [0.1, 0.15) is 11.9 Å². The predicted molar refractivity (Wildman–Crippen MR) is 79.2 cm³/mol. The van der Waals surface area contributed by atoms with Gasteiger partial charge in [-0.05, 0) is 32.6 Å². The molecule has 0 unspecified atom stereocenters. The molecule has 122 valence electrons. The number of aryl methyl sites for hydroxylation is 1. The third kappa shape index (κ3) is 3.84. The number of ether oxygens (including phenoxy) is 2. The van der Waals surface area contributed by atoms with E-state index in [4.69, 9.17) is 9.47 Å². The molecule has 1 amide bonds. The lowest BCUT2D eigenvalue weighted by Crippen LogP contribution is -2.42. The molecule has 7 nitrogen and oxygen atoms in total. The summed E-state index contributed by atoms with van der Waals surface area (Å²) in [6.45, 7) is 4.39. The lowest BCUT2D eigenvalue weighted by molar-refractivity contribution is -0.140. The van der Waals surface area contributed by atoms with E-state index in [9.17, 15) is 4.79 Å². The first-order chi connectivity index (χ1) is 10.7. The van der Waals surface area contributed by atoms with Gasteiger partial charge in [0, 0.05) is 19.6 Å². The summed E-state index contributed by atoms with van der Waals surface area (Å²) in [6.07, 6.45) is 4.83. The van der Waals surface area contributed by atoms with Gasteiger partial charge in [-0.25, -0.2) is 4.98 Å². The smallest absolute Gasteiger partial charge is 0.222 e. The highest BCUT2D eigenvalue weighted by Gasteiger charge is 2.28. The van der Waals surface area contributed by atoms with Gasteiger partial charge in [0.2, 0.25) is 5.91 Å². The highest BCUT2D eigenvalue weighted by atomic mass is 16.5. The molecular formula is C15H24N4O3. The summed E-state index contributed by atoms with van der Waals surface area (Å²) in [4.78, 5) is 18.6. The SMILES string of the molecule is Cc1nc([C@H]2CN(C(=O)CC[C@H]3CCCCO3)CCO2)n[nH]1. The normalized spacial score (nSPS) is 26.1. The van der Waals surface area contributed by atoms with Gasteiger partial charge < -0.3 is 14.4 Å². The highest BCUT2D eigenvalue weighted by molar-refractivity contribution is 5.76. The second-order valence-corrected chi connectivity index (χ2v) is 6.01. The van der Waals surface area contributed by atoms with E-state index in [1.807, 2.05) is 11.8 Å². The number of carbonyl (C=O) groups excluding carboxylic acids is 1. The van der Waals surface area contributed by atoms with Crippen LogP contribution >= 0.6 is 0 Å². The lowest BCUT2D eigenvalue weighted by atomic mass is 10.0. The maximum Gasteiger partial charge on any atom is 0.222 e. The summed E-state index contributed by atoms with van der Waals surface area (Å²) in [5.74, 6) is 1.57. The molecule has 1 N–H and O–H groups in total. The Kier molecular flexibility index (Phi) is 5.04. The van der Waals surface area contributed by atoms with Crippen LogP contribution in [0.4, 0.5) is 0 Å². The molecular weight excluding hydrogens is 284 g/mol. The van der Waals surface area contributed by atoms with Gasteiger partial charge in [0.25, 0.3) is 0 Å². The number of morpholine rings is 1. The maximum atomic E-state index is 12.4. The summed E-state index contributed by atoms with van der Waals surface area (Å²) in [7, 11) is 0. The average molecular weight is 308 g/mol. The monoisotopic (exact) mass is 308 g/mol. The summed E-state index contributed by atoms with van der Waals surface area (Å²) in [5, 5.41) is 6.95. The number of nitrogens with zero attached hydrogens (tertiary/aromatic N) is 3. The molecule has 0 saturated carbocycles. The molecule has 3 heterocycles. The third-order valence-electron chi connectivity index (χ3n) is 4.28. The molecule has 0 spiro atoms. The van der Waals surface area contributed by atoms with Crippen LogP contribution in [-0.2, 0) is 14.3 Å². The van der Waals surface area contributed by atoms with E-state index in [0.29, 0.717) is 31.9 Å². The van der Waals surface area contributed by atoms with Crippen LogP contribution in [0, 0.1) is 6.92 Å². The molecule has 2 aliphatic rings. The Bertz CT molecular complexity index is 499. The first kappa shape index (κ1) is 15.4. The van der Waals surface area contributed by atoms with Gasteiger partial charge in [-0.1, -0.05) is 0 Å². The second kappa shape index (κ2) is 7.19. The summed E-state index contributed by atoms with van der Waals surface area (Å²) >= 11 is 0. The highest BCUT2D eigenvalue weighted by Crippen LogP contribution is 2.21. The van der Waals surface area contributed by atoms with Crippen molar-refractivity contribution in [2.75, 3.05) is 26.3 Å². The van der Waals surface area contributed by atoms with E-state index in [1.54, 1.807) is 0 Å². The van der Waals surface area contributed by atoms with Crippen LogP contribution in [0.25, 0.3) is 0 Å². The van der Waals surface area contributed by atoms with Crippen molar-refractivity contribution >= 4 is 5.91 Å². The molecule has 2 atom stereocenters. The molecule has 22 heavy (non-hydrogen) atoms. The fourth-order valence-electron chi connectivity index (χ4n) is 3.01. The van der Waals surface area contributed by atoms with Crippen LogP contribution in [0.1, 0.15) is 49.9 Å². The number of amides is 1. The molecule has 2 aliphatic heterocycles. The molecule has 0 bridgehead atoms. The number of aromatic nitrogens is 3. The number of rotatable bonds is 4.